The van der Waals surface area contributed by atoms with Gasteiger partial charge in [-0.1, -0.05) is 26.2 Å². The van der Waals surface area contributed by atoms with Gasteiger partial charge in [-0.15, -0.1) is 0 Å². The Bertz CT molecular complexity index is 263. The normalized spacial score (nSPS) is 14.5. The zero-order valence-corrected chi connectivity index (χ0v) is 10.7. The van der Waals surface area contributed by atoms with Crippen molar-refractivity contribution in [3.05, 3.63) is 0 Å². The first-order chi connectivity index (χ1) is 6.23. The molecule has 0 heterocycles. The predicted octanol–water partition coefficient (Wildman–Crippen LogP) is 1.72. The number of unbranched alkanes of at least 4 members (excludes halogenated alkanes) is 2. The molecule has 6 N–H and O–H groups in total. The van der Waals surface area contributed by atoms with Crippen molar-refractivity contribution in [1.82, 2.24) is 6.15 Å². The monoisotopic (exact) mass is 240 g/mol. The van der Waals surface area contributed by atoms with E-state index < -0.39 is 20.9 Å². The number of hydrogen-bond donors (Lipinski definition) is 3. The van der Waals surface area contributed by atoms with Crippen molar-refractivity contribution in [2.24, 2.45) is 5.73 Å². The van der Waals surface area contributed by atoms with Gasteiger partial charge in [-0.3, -0.25) is 4.55 Å². The second-order valence-electron chi connectivity index (χ2n) is 4.18. The van der Waals surface area contributed by atoms with Gasteiger partial charge in [0.15, 0.2) is 0 Å². The van der Waals surface area contributed by atoms with Gasteiger partial charge in [-0.25, -0.2) is 0 Å². The number of nitrogens with two attached hydrogens (primary N) is 1. The van der Waals surface area contributed by atoms with Crippen LogP contribution in [0.5, 0.6) is 0 Å². The van der Waals surface area contributed by atoms with Crippen molar-refractivity contribution in [3.8, 4) is 0 Å². The van der Waals surface area contributed by atoms with Crippen LogP contribution in [-0.2, 0) is 10.1 Å². The van der Waals surface area contributed by atoms with Gasteiger partial charge in [0.05, 0.1) is 0 Å². The van der Waals surface area contributed by atoms with Gasteiger partial charge >= 0.3 is 0 Å². The Hall–Kier alpha value is -0.170. The summed E-state index contributed by atoms with van der Waals surface area (Å²) in [6.45, 7) is 4.98. The first-order valence-corrected chi connectivity index (χ1v) is 6.40. The zero-order chi connectivity index (χ0) is 11.4. The summed E-state index contributed by atoms with van der Waals surface area (Å²) in [5.41, 5.74) is 5.74. The molecule has 0 bridgehead atoms. The minimum absolute atomic E-state index is 0. The van der Waals surface area contributed by atoms with E-state index in [0.29, 0.717) is 6.42 Å². The first-order valence-electron chi connectivity index (χ1n) is 4.96. The van der Waals surface area contributed by atoms with Crippen LogP contribution in [0.4, 0.5) is 0 Å². The summed E-state index contributed by atoms with van der Waals surface area (Å²) in [4.78, 5) is 0. The van der Waals surface area contributed by atoms with Gasteiger partial charge in [-0.2, -0.15) is 8.42 Å². The van der Waals surface area contributed by atoms with E-state index in [4.69, 9.17) is 10.3 Å². The van der Waals surface area contributed by atoms with Crippen LogP contribution < -0.4 is 11.9 Å². The van der Waals surface area contributed by atoms with E-state index in [1.165, 1.54) is 13.8 Å². The van der Waals surface area contributed by atoms with Crippen LogP contribution in [0.1, 0.15) is 46.5 Å². The summed E-state index contributed by atoms with van der Waals surface area (Å²) in [7, 11) is -4.06. The fourth-order valence-electron chi connectivity index (χ4n) is 1.15. The van der Waals surface area contributed by atoms with E-state index >= 15 is 0 Å². The lowest BCUT2D eigenvalue weighted by Gasteiger charge is -2.28. The fraction of sp³-hybridized carbons (Fsp3) is 1.00. The van der Waals surface area contributed by atoms with E-state index in [9.17, 15) is 8.42 Å². The molecule has 0 spiro atoms. The summed E-state index contributed by atoms with van der Waals surface area (Å²) in [6, 6.07) is -0.510. The summed E-state index contributed by atoms with van der Waals surface area (Å²) >= 11 is 0. The van der Waals surface area contributed by atoms with Gasteiger partial charge in [0.25, 0.3) is 10.1 Å². The molecular weight excluding hydrogens is 216 g/mol. The largest absolute Gasteiger partial charge is 0.344 e. The lowest BCUT2D eigenvalue weighted by Crippen LogP contribution is -2.48. The minimum atomic E-state index is -4.06. The average Bonchev–Trinajstić information content (AvgIpc) is 2.02. The molecule has 94 valence electrons. The van der Waals surface area contributed by atoms with E-state index in [2.05, 4.69) is 6.92 Å². The Morgan fingerprint density at radius 2 is 1.80 bits per heavy atom. The molecule has 1 unspecified atom stereocenters. The third-order valence-corrected chi connectivity index (χ3v) is 4.31. The van der Waals surface area contributed by atoms with Crippen LogP contribution in [0.15, 0.2) is 0 Å². The van der Waals surface area contributed by atoms with E-state index in [1.807, 2.05) is 0 Å². The van der Waals surface area contributed by atoms with E-state index in [-0.39, 0.29) is 6.15 Å². The minimum Gasteiger partial charge on any atom is -0.344 e. The molecule has 1 atom stereocenters. The Morgan fingerprint density at radius 1 is 1.33 bits per heavy atom. The van der Waals surface area contributed by atoms with E-state index in [1.54, 1.807) is 0 Å². The van der Waals surface area contributed by atoms with Gasteiger partial charge < -0.3 is 11.9 Å². The molecule has 0 aromatic carbocycles. The third kappa shape index (κ3) is 4.92. The van der Waals surface area contributed by atoms with Gasteiger partial charge in [0.1, 0.15) is 4.75 Å². The molecule has 0 rings (SSSR count). The molecule has 6 heteroatoms. The summed E-state index contributed by atoms with van der Waals surface area (Å²) in [6.07, 6.45) is 3.63. The van der Waals surface area contributed by atoms with Crippen LogP contribution in [0.3, 0.4) is 0 Å². The zero-order valence-electron chi connectivity index (χ0n) is 9.86. The Morgan fingerprint density at radius 3 is 2.13 bits per heavy atom. The van der Waals surface area contributed by atoms with Crippen LogP contribution >= 0.6 is 0 Å². The smallest absolute Gasteiger partial charge is 0.271 e. The first kappa shape index (κ1) is 17.2. The Labute approximate surface area is 92.8 Å². The molecule has 0 aromatic rings. The van der Waals surface area contributed by atoms with Gasteiger partial charge in [0.2, 0.25) is 0 Å². The van der Waals surface area contributed by atoms with Crippen molar-refractivity contribution in [2.45, 2.75) is 57.2 Å². The van der Waals surface area contributed by atoms with E-state index in [0.717, 1.165) is 19.3 Å². The van der Waals surface area contributed by atoms with Gasteiger partial charge in [-0.05, 0) is 20.3 Å². The topological polar surface area (TPSA) is 115 Å². The molecule has 0 aliphatic heterocycles. The molecule has 0 saturated carbocycles. The third-order valence-electron chi connectivity index (χ3n) is 2.68. The Balaban J connectivity index is 0. The number of hydrogen-bond acceptors (Lipinski definition) is 4. The summed E-state index contributed by atoms with van der Waals surface area (Å²) < 4.78 is 29.7. The van der Waals surface area contributed by atoms with Crippen molar-refractivity contribution >= 4 is 10.1 Å². The maximum absolute atomic E-state index is 11.0. The molecule has 0 aliphatic carbocycles. The van der Waals surface area contributed by atoms with Crippen molar-refractivity contribution in [2.75, 3.05) is 0 Å². The molecule has 0 amide bonds. The fourth-order valence-corrected chi connectivity index (χ4v) is 1.65. The maximum atomic E-state index is 11.0. The number of rotatable bonds is 6. The van der Waals surface area contributed by atoms with Gasteiger partial charge in [0, 0.05) is 6.04 Å². The average molecular weight is 240 g/mol. The quantitative estimate of drug-likeness (QED) is 0.483. The molecular formula is C9H24N2O3S. The molecule has 0 fully saturated rings. The predicted molar refractivity (Wildman–Crippen MR) is 62.8 cm³/mol. The van der Waals surface area contributed by atoms with Crippen LogP contribution in [0, 0.1) is 0 Å². The molecule has 15 heavy (non-hydrogen) atoms. The molecule has 0 aromatic heterocycles. The SMILES string of the molecule is CCCCCC(N)C(C)(C)S(=O)(=O)O.N. The highest BCUT2D eigenvalue weighted by Crippen LogP contribution is 2.22. The molecule has 0 radical (unpaired) electrons. The molecule has 5 nitrogen and oxygen atoms in total. The second kappa shape index (κ2) is 6.42. The second-order valence-corrected chi connectivity index (χ2v) is 6.18. The van der Waals surface area contributed by atoms with Crippen molar-refractivity contribution in [3.63, 3.8) is 0 Å². The van der Waals surface area contributed by atoms with Crippen LogP contribution in [0.25, 0.3) is 0 Å². The maximum Gasteiger partial charge on any atom is 0.271 e. The van der Waals surface area contributed by atoms with Crippen LogP contribution in [-0.4, -0.2) is 23.8 Å². The highest BCUT2D eigenvalue weighted by atomic mass is 32.2. The summed E-state index contributed by atoms with van der Waals surface area (Å²) in [5.74, 6) is 0. The lowest BCUT2D eigenvalue weighted by molar-refractivity contribution is 0.393. The van der Waals surface area contributed by atoms with Crippen molar-refractivity contribution in [1.29, 1.82) is 0 Å². The standard InChI is InChI=1S/C9H21NO3S.H3N/c1-4-5-6-7-8(10)9(2,3)14(11,12)13;/h8H,4-7,10H2,1-3H3,(H,11,12,13);1H3. The molecule has 0 aliphatic rings. The molecule has 0 saturated heterocycles. The highest BCUT2D eigenvalue weighted by Gasteiger charge is 2.38. The lowest BCUT2D eigenvalue weighted by atomic mass is 9.98. The van der Waals surface area contributed by atoms with Crippen LogP contribution in [0.2, 0.25) is 0 Å². The Kier molecular flexibility index (Phi) is 7.38. The highest BCUT2D eigenvalue weighted by molar-refractivity contribution is 7.87. The summed E-state index contributed by atoms with van der Waals surface area (Å²) in [5, 5.41) is 0. The van der Waals surface area contributed by atoms with Crippen molar-refractivity contribution < 1.29 is 13.0 Å².